The lowest BCUT2D eigenvalue weighted by Crippen LogP contribution is -2.17. The van der Waals surface area contributed by atoms with Crippen LogP contribution in [0.15, 0.2) is 53.1 Å². The quantitative estimate of drug-likeness (QED) is 0.531. The second-order valence-electron chi connectivity index (χ2n) is 4.76. The molecule has 0 saturated heterocycles. The summed E-state index contributed by atoms with van der Waals surface area (Å²) in [7, 11) is 0. The Morgan fingerprint density at radius 3 is 2.95 bits per heavy atom. The van der Waals surface area contributed by atoms with Gasteiger partial charge in [-0.15, -0.1) is 23.1 Å². The summed E-state index contributed by atoms with van der Waals surface area (Å²) in [5.41, 5.74) is 0.920. The van der Waals surface area contributed by atoms with Gasteiger partial charge in [0.05, 0.1) is 24.8 Å². The first-order chi connectivity index (χ1) is 10.8. The van der Waals surface area contributed by atoms with Gasteiger partial charge < -0.3 is 9.84 Å². The van der Waals surface area contributed by atoms with E-state index in [4.69, 9.17) is 4.74 Å². The third-order valence-corrected chi connectivity index (χ3v) is 5.05. The number of para-hydroxylation sites is 1. The molecule has 1 aromatic carbocycles. The van der Waals surface area contributed by atoms with Crippen LogP contribution >= 0.6 is 23.1 Å². The topological polar surface area (TPSA) is 55.2 Å². The fourth-order valence-electron chi connectivity index (χ4n) is 2.01. The first kappa shape index (κ1) is 15.4. The number of benzene rings is 1. The summed E-state index contributed by atoms with van der Waals surface area (Å²) < 4.78 is 5.53. The zero-order chi connectivity index (χ0) is 15.2. The molecule has 6 heteroatoms. The second kappa shape index (κ2) is 7.69. The average molecular weight is 332 g/mol. The first-order valence-corrected chi connectivity index (χ1v) is 8.80. The molecular weight excluding hydrogens is 316 g/mol. The molecule has 2 aromatic heterocycles. The van der Waals surface area contributed by atoms with Crippen molar-refractivity contribution in [1.29, 1.82) is 0 Å². The predicted molar refractivity (Wildman–Crippen MR) is 90.2 cm³/mol. The highest BCUT2D eigenvalue weighted by Gasteiger charge is 2.09. The Balaban J connectivity index is 1.50. The lowest BCUT2D eigenvalue weighted by Gasteiger charge is -2.11. The first-order valence-electron chi connectivity index (χ1n) is 6.93. The number of rotatable bonds is 7. The van der Waals surface area contributed by atoms with Crippen molar-refractivity contribution in [3.8, 4) is 0 Å². The van der Waals surface area contributed by atoms with Crippen LogP contribution < -0.4 is 0 Å². The van der Waals surface area contributed by atoms with Crippen molar-refractivity contribution >= 4 is 34.0 Å². The van der Waals surface area contributed by atoms with Crippen LogP contribution in [-0.2, 0) is 11.3 Å². The highest BCUT2D eigenvalue weighted by Crippen LogP contribution is 2.24. The smallest absolute Gasteiger partial charge is 0.117 e. The Kier molecular flexibility index (Phi) is 5.39. The van der Waals surface area contributed by atoms with Gasteiger partial charge in [0.2, 0.25) is 0 Å². The maximum Gasteiger partial charge on any atom is 0.117 e. The van der Waals surface area contributed by atoms with Crippen LogP contribution in [0.1, 0.15) is 4.88 Å². The van der Waals surface area contributed by atoms with Crippen molar-refractivity contribution in [1.82, 2.24) is 9.97 Å². The fourth-order valence-corrected chi connectivity index (χ4v) is 3.55. The van der Waals surface area contributed by atoms with E-state index in [9.17, 15) is 5.11 Å². The van der Waals surface area contributed by atoms with Gasteiger partial charge in [-0.2, -0.15) is 0 Å². The summed E-state index contributed by atoms with van der Waals surface area (Å²) in [6, 6.07) is 11.9. The van der Waals surface area contributed by atoms with Crippen LogP contribution in [0.25, 0.3) is 10.9 Å². The number of aromatic nitrogens is 2. The number of fused-ring (bicyclic) bond motifs is 1. The van der Waals surface area contributed by atoms with Gasteiger partial charge in [-0.25, -0.2) is 9.97 Å². The maximum atomic E-state index is 10.0. The number of hydrogen-bond acceptors (Lipinski definition) is 6. The molecule has 0 bridgehead atoms. The van der Waals surface area contributed by atoms with Crippen molar-refractivity contribution in [3.63, 3.8) is 0 Å². The molecule has 0 radical (unpaired) electrons. The molecule has 3 rings (SSSR count). The number of hydrogen-bond donors (Lipinski definition) is 1. The molecule has 0 fully saturated rings. The van der Waals surface area contributed by atoms with Crippen LogP contribution in [0.3, 0.4) is 0 Å². The SMILES string of the molecule is O[C@H](COCc1cccs1)CSc1ncnc2ccccc12. The average Bonchev–Trinajstić information content (AvgIpc) is 3.06. The summed E-state index contributed by atoms with van der Waals surface area (Å²) in [6.45, 7) is 0.879. The van der Waals surface area contributed by atoms with E-state index in [0.717, 1.165) is 15.9 Å². The maximum absolute atomic E-state index is 10.0. The lowest BCUT2D eigenvalue weighted by molar-refractivity contribution is 0.0409. The Bertz CT molecular complexity index is 714. The fraction of sp³-hybridized carbons (Fsp3) is 0.250. The summed E-state index contributed by atoms with van der Waals surface area (Å²) >= 11 is 3.18. The van der Waals surface area contributed by atoms with E-state index >= 15 is 0 Å². The Morgan fingerprint density at radius 1 is 1.18 bits per heavy atom. The molecule has 0 saturated carbocycles. The van der Waals surface area contributed by atoms with Gasteiger partial charge in [0.1, 0.15) is 11.4 Å². The van der Waals surface area contributed by atoms with E-state index in [0.29, 0.717) is 19.0 Å². The van der Waals surface area contributed by atoms with Crippen LogP contribution in [0.2, 0.25) is 0 Å². The van der Waals surface area contributed by atoms with Crippen molar-refractivity contribution in [3.05, 3.63) is 53.0 Å². The van der Waals surface area contributed by atoms with Crippen LogP contribution in [0, 0.1) is 0 Å². The van der Waals surface area contributed by atoms with Crippen molar-refractivity contribution in [2.75, 3.05) is 12.4 Å². The van der Waals surface area contributed by atoms with Gasteiger partial charge in [0, 0.05) is 16.0 Å². The second-order valence-corrected chi connectivity index (χ2v) is 6.80. The molecule has 0 aliphatic rings. The molecule has 3 aromatic rings. The summed E-state index contributed by atoms with van der Waals surface area (Å²) in [5, 5.41) is 14.0. The predicted octanol–water partition coefficient (Wildman–Crippen LogP) is 3.36. The number of aliphatic hydroxyl groups is 1. The van der Waals surface area contributed by atoms with E-state index in [2.05, 4.69) is 9.97 Å². The van der Waals surface area contributed by atoms with E-state index in [-0.39, 0.29) is 0 Å². The van der Waals surface area contributed by atoms with Gasteiger partial charge in [0.25, 0.3) is 0 Å². The van der Waals surface area contributed by atoms with E-state index < -0.39 is 6.10 Å². The van der Waals surface area contributed by atoms with Crippen molar-refractivity contribution < 1.29 is 9.84 Å². The van der Waals surface area contributed by atoms with Crippen LogP contribution in [-0.4, -0.2) is 33.5 Å². The normalized spacial score (nSPS) is 12.6. The van der Waals surface area contributed by atoms with E-state index in [1.165, 1.54) is 16.6 Å². The molecule has 1 N–H and O–H groups in total. The molecule has 2 heterocycles. The molecule has 0 spiro atoms. The van der Waals surface area contributed by atoms with Crippen molar-refractivity contribution in [2.24, 2.45) is 0 Å². The van der Waals surface area contributed by atoms with Gasteiger partial charge in [0.15, 0.2) is 0 Å². The summed E-state index contributed by atoms with van der Waals surface area (Å²) in [6.07, 6.45) is 1.04. The van der Waals surface area contributed by atoms with E-state index in [1.54, 1.807) is 17.7 Å². The minimum Gasteiger partial charge on any atom is -0.390 e. The molecule has 0 aliphatic carbocycles. The van der Waals surface area contributed by atoms with Gasteiger partial charge in [-0.3, -0.25) is 0 Å². The van der Waals surface area contributed by atoms with Crippen LogP contribution in [0.5, 0.6) is 0 Å². The highest BCUT2D eigenvalue weighted by atomic mass is 32.2. The van der Waals surface area contributed by atoms with Crippen LogP contribution in [0.4, 0.5) is 0 Å². The highest BCUT2D eigenvalue weighted by molar-refractivity contribution is 7.99. The third kappa shape index (κ3) is 4.04. The molecular formula is C16H16N2O2S2. The Labute approximate surface area is 137 Å². The lowest BCUT2D eigenvalue weighted by atomic mass is 10.2. The number of aliphatic hydroxyl groups excluding tert-OH is 1. The summed E-state index contributed by atoms with van der Waals surface area (Å²) in [4.78, 5) is 9.71. The number of thiophene rings is 1. The zero-order valence-corrected chi connectivity index (χ0v) is 13.5. The van der Waals surface area contributed by atoms with Crippen molar-refractivity contribution in [2.45, 2.75) is 17.7 Å². The Morgan fingerprint density at radius 2 is 2.09 bits per heavy atom. The Hall–Kier alpha value is -1.47. The number of nitrogens with zero attached hydrogens (tertiary/aromatic N) is 2. The molecule has 4 nitrogen and oxygen atoms in total. The van der Waals surface area contributed by atoms with Gasteiger partial charge >= 0.3 is 0 Å². The van der Waals surface area contributed by atoms with E-state index in [1.807, 2.05) is 41.8 Å². The molecule has 0 unspecified atom stereocenters. The monoisotopic (exact) mass is 332 g/mol. The third-order valence-electron chi connectivity index (χ3n) is 3.05. The van der Waals surface area contributed by atoms with Gasteiger partial charge in [-0.05, 0) is 17.5 Å². The zero-order valence-electron chi connectivity index (χ0n) is 11.9. The molecule has 1 atom stereocenters. The standard InChI is InChI=1S/C16H16N2O2S2/c19-12(8-20-9-13-4-3-7-21-13)10-22-16-14-5-1-2-6-15(14)17-11-18-16/h1-7,11-12,19H,8-10H2/t12-/m1/s1. The molecule has 22 heavy (non-hydrogen) atoms. The minimum absolute atomic E-state index is 0.327. The number of ether oxygens (including phenoxy) is 1. The van der Waals surface area contributed by atoms with Gasteiger partial charge in [-0.1, -0.05) is 24.3 Å². The molecule has 114 valence electrons. The molecule has 0 aliphatic heterocycles. The largest absolute Gasteiger partial charge is 0.390 e. The molecule has 0 amide bonds. The number of thioether (sulfide) groups is 1. The minimum atomic E-state index is -0.515. The summed E-state index contributed by atoms with van der Waals surface area (Å²) in [5.74, 6) is 0.547.